The largest absolute Gasteiger partial charge is 0.491 e. The van der Waals surface area contributed by atoms with Crippen LogP contribution in [-0.4, -0.2) is 19.7 Å². The summed E-state index contributed by atoms with van der Waals surface area (Å²) in [5.74, 6) is 0.583. The lowest BCUT2D eigenvalue weighted by Crippen LogP contribution is -2.20. The molecular weight excluding hydrogens is 212 g/mol. The first-order valence-electron chi connectivity index (χ1n) is 4.81. The van der Waals surface area contributed by atoms with Crippen molar-refractivity contribution in [3.63, 3.8) is 0 Å². The van der Waals surface area contributed by atoms with E-state index in [1.54, 1.807) is 18.2 Å². The minimum Gasteiger partial charge on any atom is -0.491 e. The predicted octanol–water partition coefficient (Wildman–Crippen LogP) is 2.20. The minimum atomic E-state index is 0.471. The maximum absolute atomic E-state index is 8.84. The number of nitrogens with zero attached hydrogens (tertiary/aromatic N) is 1. The molecule has 1 rings (SSSR count). The third-order valence-corrected chi connectivity index (χ3v) is 2.08. The van der Waals surface area contributed by atoms with E-state index in [4.69, 9.17) is 21.6 Å². The molecule has 0 atom stereocenters. The van der Waals surface area contributed by atoms with E-state index in [9.17, 15) is 0 Å². The van der Waals surface area contributed by atoms with Gasteiger partial charge in [-0.25, -0.2) is 0 Å². The number of rotatable bonds is 5. The molecule has 1 N–H and O–H groups in total. The number of halogens is 1. The van der Waals surface area contributed by atoms with Gasteiger partial charge in [0.2, 0.25) is 0 Å². The monoisotopic (exact) mass is 224 g/mol. The first-order chi connectivity index (χ1) is 7.27. The van der Waals surface area contributed by atoms with Crippen LogP contribution < -0.4 is 10.1 Å². The SMILES string of the molecule is CCNCCOc1ccc(Cl)cc1C#N. The highest BCUT2D eigenvalue weighted by Gasteiger charge is 2.03. The Morgan fingerprint density at radius 3 is 3.00 bits per heavy atom. The molecule has 0 bridgehead atoms. The summed E-state index contributed by atoms with van der Waals surface area (Å²) in [6.45, 7) is 4.26. The van der Waals surface area contributed by atoms with Crippen molar-refractivity contribution in [1.82, 2.24) is 5.32 Å². The van der Waals surface area contributed by atoms with Crippen LogP contribution in [0.4, 0.5) is 0 Å². The fourth-order valence-electron chi connectivity index (χ4n) is 1.13. The summed E-state index contributed by atoms with van der Waals surface area (Å²) in [5, 5.41) is 12.5. The predicted molar refractivity (Wildman–Crippen MR) is 60.2 cm³/mol. The summed E-state index contributed by atoms with van der Waals surface area (Å²) in [4.78, 5) is 0. The Labute approximate surface area is 94.6 Å². The van der Waals surface area contributed by atoms with Gasteiger partial charge in [0.25, 0.3) is 0 Å². The Bertz CT molecular complexity index is 360. The summed E-state index contributed by atoms with van der Waals surface area (Å²) in [6.07, 6.45) is 0. The second kappa shape index (κ2) is 6.28. The normalized spacial score (nSPS) is 9.67. The Morgan fingerprint density at radius 1 is 1.53 bits per heavy atom. The van der Waals surface area contributed by atoms with Crippen molar-refractivity contribution < 1.29 is 4.74 Å². The zero-order valence-electron chi connectivity index (χ0n) is 8.59. The third kappa shape index (κ3) is 3.78. The molecule has 0 aliphatic rings. The maximum Gasteiger partial charge on any atom is 0.137 e. The highest BCUT2D eigenvalue weighted by atomic mass is 35.5. The smallest absolute Gasteiger partial charge is 0.137 e. The topological polar surface area (TPSA) is 45.0 Å². The number of likely N-dealkylation sites (N-methyl/N-ethyl adjacent to an activating group) is 1. The van der Waals surface area contributed by atoms with E-state index >= 15 is 0 Å². The number of benzene rings is 1. The van der Waals surface area contributed by atoms with E-state index in [0.29, 0.717) is 22.9 Å². The second-order valence-electron chi connectivity index (χ2n) is 2.95. The van der Waals surface area contributed by atoms with Gasteiger partial charge >= 0.3 is 0 Å². The first kappa shape index (κ1) is 11.8. The van der Waals surface area contributed by atoms with Crippen LogP contribution in [0.3, 0.4) is 0 Å². The van der Waals surface area contributed by atoms with E-state index in [1.807, 2.05) is 13.0 Å². The van der Waals surface area contributed by atoms with Gasteiger partial charge in [0, 0.05) is 11.6 Å². The van der Waals surface area contributed by atoms with Crippen LogP contribution in [0.25, 0.3) is 0 Å². The molecule has 1 aromatic rings. The molecule has 0 saturated heterocycles. The Kier molecular flexibility index (Phi) is 4.96. The first-order valence-corrected chi connectivity index (χ1v) is 5.19. The lowest BCUT2D eigenvalue weighted by molar-refractivity contribution is 0.314. The second-order valence-corrected chi connectivity index (χ2v) is 3.39. The molecule has 4 heteroatoms. The Hall–Kier alpha value is -1.24. The summed E-state index contributed by atoms with van der Waals surface area (Å²) < 4.78 is 5.44. The molecule has 80 valence electrons. The van der Waals surface area contributed by atoms with Crippen LogP contribution in [-0.2, 0) is 0 Å². The molecule has 3 nitrogen and oxygen atoms in total. The van der Waals surface area contributed by atoms with Gasteiger partial charge in [-0.3, -0.25) is 0 Å². The standard InChI is InChI=1S/C11H13ClN2O/c1-2-14-5-6-15-11-4-3-10(12)7-9(11)8-13/h3-4,7,14H,2,5-6H2,1H3. The van der Waals surface area contributed by atoms with Gasteiger partial charge in [-0.05, 0) is 24.7 Å². The fraction of sp³-hybridized carbons (Fsp3) is 0.364. The van der Waals surface area contributed by atoms with Gasteiger partial charge in [0.15, 0.2) is 0 Å². The summed E-state index contributed by atoms with van der Waals surface area (Å²) in [6, 6.07) is 7.08. The zero-order valence-corrected chi connectivity index (χ0v) is 9.34. The third-order valence-electron chi connectivity index (χ3n) is 1.85. The number of hydrogen-bond donors (Lipinski definition) is 1. The Balaban J connectivity index is 2.57. The van der Waals surface area contributed by atoms with E-state index in [2.05, 4.69) is 5.32 Å². The van der Waals surface area contributed by atoms with Gasteiger partial charge in [-0.1, -0.05) is 18.5 Å². The summed E-state index contributed by atoms with van der Waals surface area (Å²) >= 11 is 5.76. The van der Waals surface area contributed by atoms with Gasteiger partial charge in [0.05, 0.1) is 5.56 Å². The van der Waals surface area contributed by atoms with E-state index in [1.165, 1.54) is 0 Å². The molecule has 0 aromatic heterocycles. The van der Waals surface area contributed by atoms with Crippen LogP contribution in [0.5, 0.6) is 5.75 Å². The van der Waals surface area contributed by atoms with Crippen LogP contribution in [0.15, 0.2) is 18.2 Å². The molecular formula is C11H13ClN2O. The molecule has 0 fully saturated rings. The van der Waals surface area contributed by atoms with Gasteiger partial charge in [-0.15, -0.1) is 0 Å². The molecule has 15 heavy (non-hydrogen) atoms. The van der Waals surface area contributed by atoms with Crippen molar-refractivity contribution in [1.29, 1.82) is 5.26 Å². The van der Waals surface area contributed by atoms with Crippen LogP contribution in [0.1, 0.15) is 12.5 Å². The number of nitrogens with one attached hydrogen (secondary N) is 1. The summed E-state index contributed by atoms with van der Waals surface area (Å²) in [7, 11) is 0. The average molecular weight is 225 g/mol. The molecule has 0 saturated carbocycles. The van der Waals surface area contributed by atoms with Crippen LogP contribution >= 0.6 is 11.6 Å². The van der Waals surface area contributed by atoms with Gasteiger partial charge < -0.3 is 10.1 Å². The van der Waals surface area contributed by atoms with Gasteiger partial charge in [0.1, 0.15) is 18.4 Å². The van der Waals surface area contributed by atoms with Gasteiger partial charge in [-0.2, -0.15) is 5.26 Å². The molecule has 1 aromatic carbocycles. The average Bonchev–Trinajstić information content (AvgIpc) is 2.26. The van der Waals surface area contributed by atoms with Crippen molar-refractivity contribution in [3.8, 4) is 11.8 Å². The number of ether oxygens (including phenoxy) is 1. The van der Waals surface area contributed by atoms with Crippen molar-refractivity contribution >= 4 is 11.6 Å². The maximum atomic E-state index is 8.84. The number of nitriles is 1. The van der Waals surface area contributed by atoms with E-state index in [0.717, 1.165) is 13.1 Å². The quantitative estimate of drug-likeness (QED) is 0.780. The molecule has 0 aliphatic heterocycles. The lowest BCUT2D eigenvalue weighted by atomic mass is 10.2. The number of hydrogen-bond acceptors (Lipinski definition) is 3. The molecule has 0 heterocycles. The van der Waals surface area contributed by atoms with E-state index in [-0.39, 0.29) is 0 Å². The highest BCUT2D eigenvalue weighted by molar-refractivity contribution is 6.30. The van der Waals surface area contributed by atoms with Crippen LogP contribution in [0.2, 0.25) is 5.02 Å². The molecule has 0 amide bonds. The Morgan fingerprint density at radius 2 is 2.33 bits per heavy atom. The molecule has 0 unspecified atom stereocenters. The molecule has 0 radical (unpaired) electrons. The van der Waals surface area contributed by atoms with Crippen molar-refractivity contribution in [2.24, 2.45) is 0 Å². The molecule has 0 aliphatic carbocycles. The fourth-order valence-corrected chi connectivity index (χ4v) is 1.30. The van der Waals surface area contributed by atoms with Crippen LogP contribution in [0, 0.1) is 11.3 Å². The zero-order chi connectivity index (χ0) is 11.1. The minimum absolute atomic E-state index is 0.471. The van der Waals surface area contributed by atoms with Crippen molar-refractivity contribution in [2.75, 3.05) is 19.7 Å². The van der Waals surface area contributed by atoms with E-state index < -0.39 is 0 Å². The molecule has 0 spiro atoms. The van der Waals surface area contributed by atoms with Crippen molar-refractivity contribution in [3.05, 3.63) is 28.8 Å². The van der Waals surface area contributed by atoms with Crippen molar-refractivity contribution in [2.45, 2.75) is 6.92 Å². The lowest BCUT2D eigenvalue weighted by Gasteiger charge is -2.07. The highest BCUT2D eigenvalue weighted by Crippen LogP contribution is 2.21. The summed E-state index contributed by atoms with van der Waals surface area (Å²) in [5.41, 5.74) is 0.471.